The Balaban J connectivity index is 1.29. The van der Waals surface area contributed by atoms with Crippen LogP contribution in [0, 0.1) is 18.8 Å². The van der Waals surface area contributed by atoms with Gasteiger partial charge in [0, 0.05) is 44.0 Å². The molecule has 2 aliphatic carbocycles. The predicted molar refractivity (Wildman–Crippen MR) is 152 cm³/mol. The highest BCUT2D eigenvalue weighted by Crippen LogP contribution is 2.39. The van der Waals surface area contributed by atoms with E-state index in [1.54, 1.807) is 14.2 Å². The molecule has 1 amide bonds. The van der Waals surface area contributed by atoms with E-state index in [1.807, 2.05) is 0 Å². The zero-order valence-electron chi connectivity index (χ0n) is 23.3. The molecule has 5 rings (SSSR count). The number of anilines is 2. The molecular weight excluding hydrogens is 476 g/mol. The van der Waals surface area contributed by atoms with Crippen LogP contribution in [0.15, 0.2) is 42.5 Å². The molecule has 0 spiro atoms. The Labute approximate surface area is 227 Å². The van der Waals surface area contributed by atoms with Gasteiger partial charge in [-0.15, -0.1) is 0 Å². The second-order valence-electron chi connectivity index (χ2n) is 11.7. The highest BCUT2D eigenvalue weighted by Gasteiger charge is 2.33. The van der Waals surface area contributed by atoms with Gasteiger partial charge >= 0.3 is 0 Å². The Kier molecular flexibility index (Phi) is 8.59. The first-order chi connectivity index (χ1) is 18.4. The third-order valence-electron chi connectivity index (χ3n) is 9.18. The number of methoxy groups -OCH3 is 2. The number of rotatable bonds is 8. The lowest BCUT2D eigenvalue weighted by atomic mass is 9.78. The molecule has 0 aromatic heterocycles. The summed E-state index contributed by atoms with van der Waals surface area (Å²) in [6, 6.07) is 15.1. The first-order valence-electron chi connectivity index (χ1n) is 14.5. The minimum atomic E-state index is -0.257. The van der Waals surface area contributed by atoms with E-state index in [-0.39, 0.29) is 24.0 Å². The van der Waals surface area contributed by atoms with Crippen LogP contribution in [0.3, 0.4) is 0 Å². The van der Waals surface area contributed by atoms with Crippen LogP contribution in [0.2, 0.25) is 0 Å². The first-order valence-corrected chi connectivity index (χ1v) is 14.5. The lowest BCUT2D eigenvalue weighted by Gasteiger charge is -2.40. The Morgan fingerprint density at radius 2 is 1.71 bits per heavy atom. The zero-order chi connectivity index (χ0) is 26.6. The number of nitrogens with zero attached hydrogens (tertiary/aromatic N) is 2. The molecule has 0 bridgehead atoms. The SMILES string of the molecule is COc1ccc(C2CCC(CN(C(=O)C3CCC(O)CC3)c3cccc(N4CC(OC)C4)c3)CC2)cc1C. The smallest absolute Gasteiger partial charge is 0.230 e. The number of ether oxygens (including phenoxy) is 2. The molecule has 2 aromatic carbocycles. The van der Waals surface area contributed by atoms with Gasteiger partial charge in [-0.25, -0.2) is 0 Å². The molecule has 1 N–H and O–H groups in total. The number of amides is 1. The standard InChI is InChI=1S/C32H44N2O4/c1-22-17-26(13-16-31(22)38-3)24-9-7-23(8-10-24)19-34(32(36)25-11-14-29(35)15-12-25)28-6-4-5-27(18-28)33-20-30(21-33)37-2/h4-6,13,16-18,23-25,29-30,35H,7-12,14-15,19-21H2,1-3H3. The average molecular weight is 521 g/mol. The number of aliphatic hydroxyl groups is 1. The highest BCUT2D eigenvalue weighted by molar-refractivity contribution is 5.95. The maximum absolute atomic E-state index is 13.9. The van der Waals surface area contributed by atoms with Crippen LogP contribution in [-0.4, -0.2) is 57.1 Å². The van der Waals surface area contributed by atoms with Crippen molar-refractivity contribution in [1.29, 1.82) is 0 Å². The molecule has 1 heterocycles. The topological polar surface area (TPSA) is 62.2 Å². The molecule has 0 unspecified atom stereocenters. The molecule has 0 atom stereocenters. The fourth-order valence-electron chi connectivity index (χ4n) is 6.61. The molecule has 6 nitrogen and oxygen atoms in total. The van der Waals surface area contributed by atoms with Crippen molar-refractivity contribution in [2.75, 3.05) is 43.7 Å². The number of hydrogen-bond acceptors (Lipinski definition) is 5. The van der Waals surface area contributed by atoms with E-state index in [2.05, 4.69) is 59.2 Å². The van der Waals surface area contributed by atoms with Crippen molar-refractivity contribution in [2.45, 2.75) is 76.4 Å². The van der Waals surface area contributed by atoms with Gasteiger partial charge in [0.15, 0.2) is 0 Å². The van der Waals surface area contributed by atoms with E-state index >= 15 is 0 Å². The molecule has 2 saturated carbocycles. The van der Waals surface area contributed by atoms with Crippen molar-refractivity contribution >= 4 is 17.3 Å². The highest BCUT2D eigenvalue weighted by atomic mass is 16.5. The molecule has 1 aliphatic heterocycles. The molecule has 38 heavy (non-hydrogen) atoms. The van der Waals surface area contributed by atoms with Crippen LogP contribution in [0.1, 0.15) is 68.4 Å². The molecular formula is C32H44N2O4. The first kappa shape index (κ1) is 27.0. The lowest BCUT2D eigenvalue weighted by Crippen LogP contribution is -2.52. The van der Waals surface area contributed by atoms with Crippen LogP contribution in [-0.2, 0) is 9.53 Å². The van der Waals surface area contributed by atoms with Crippen LogP contribution < -0.4 is 14.5 Å². The van der Waals surface area contributed by atoms with Crippen LogP contribution in [0.25, 0.3) is 0 Å². The summed E-state index contributed by atoms with van der Waals surface area (Å²) in [5.41, 5.74) is 4.77. The molecule has 3 fully saturated rings. The van der Waals surface area contributed by atoms with Crippen molar-refractivity contribution in [2.24, 2.45) is 11.8 Å². The molecule has 6 heteroatoms. The third-order valence-corrected chi connectivity index (χ3v) is 9.18. The summed E-state index contributed by atoms with van der Waals surface area (Å²) in [5, 5.41) is 10.0. The summed E-state index contributed by atoms with van der Waals surface area (Å²) in [6.07, 6.45) is 7.60. The van der Waals surface area contributed by atoms with Gasteiger partial charge < -0.3 is 24.4 Å². The maximum atomic E-state index is 13.9. The lowest BCUT2D eigenvalue weighted by molar-refractivity contribution is -0.124. The Hall–Kier alpha value is -2.57. The Morgan fingerprint density at radius 3 is 2.37 bits per heavy atom. The number of carbonyl (C=O) groups excluding carboxylic acids is 1. The van der Waals surface area contributed by atoms with E-state index in [0.29, 0.717) is 11.8 Å². The summed E-state index contributed by atoms with van der Waals surface area (Å²) in [7, 11) is 3.50. The molecule has 2 aromatic rings. The third kappa shape index (κ3) is 6.02. The van der Waals surface area contributed by atoms with E-state index < -0.39 is 0 Å². The fraction of sp³-hybridized carbons (Fsp3) is 0.594. The van der Waals surface area contributed by atoms with E-state index in [4.69, 9.17) is 9.47 Å². The summed E-state index contributed by atoms with van der Waals surface area (Å²) in [4.78, 5) is 18.3. The molecule has 1 saturated heterocycles. The van der Waals surface area contributed by atoms with Crippen molar-refractivity contribution in [1.82, 2.24) is 0 Å². The predicted octanol–water partition coefficient (Wildman–Crippen LogP) is 5.70. The molecule has 206 valence electrons. The van der Waals surface area contributed by atoms with Gasteiger partial charge in [-0.3, -0.25) is 4.79 Å². The van der Waals surface area contributed by atoms with Gasteiger partial charge in [-0.05, 0) is 106 Å². The van der Waals surface area contributed by atoms with Gasteiger partial charge in [0.25, 0.3) is 0 Å². The summed E-state index contributed by atoms with van der Waals surface area (Å²) in [5.74, 6) is 2.26. The maximum Gasteiger partial charge on any atom is 0.230 e. The van der Waals surface area contributed by atoms with Crippen LogP contribution in [0.4, 0.5) is 11.4 Å². The number of benzene rings is 2. The molecule has 0 radical (unpaired) electrons. The summed E-state index contributed by atoms with van der Waals surface area (Å²) < 4.78 is 10.9. The van der Waals surface area contributed by atoms with Crippen LogP contribution in [0.5, 0.6) is 5.75 Å². The average Bonchev–Trinajstić information content (AvgIpc) is 2.92. The normalized spacial score (nSPS) is 26.1. The quantitative estimate of drug-likeness (QED) is 0.484. The second kappa shape index (κ2) is 12.1. The van der Waals surface area contributed by atoms with Crippen molar-refractivity contribution in [3.63, 3.8) is 0 Å². The van der Waals surface area contributed by atoms with Gasteiger partial charge in [0.2, 0.25) is 5.91 Å². The van der Waals surface area contributed by atoms with E-state index in [9.17, 15) is 9.90 Å². The van der Waals surface area contributed by atoms with Crippen molar-refractivity contribution in [3.8, 4) is 5.75 Å². The van der Waals surface area contributed by atoms with Gasteiger partial charge in [-0.2, -0.15) is 0 Å². The largest absolute Gasteiger partial charge is 0.496 e. The summed E-state index contributed by atoms with van der Waals surface area (Å²) in [6.45, 7) is 4.67. The number of aliphatic hydroxyl groups excluding tert-OH is 1. The number of hydrogen-bond donors (Lipinski definition) is 1. The molecule has 3 aliphatic rings. The fourth-order valence-corrected chi connectivity index (χ4v) is 6.61. The zero-order valence-corrected chi connectivity index (χ0v) is 23.3. The van der Waals surface area contributed by atoms with E-state index in [1.165, 1.54) is 11.1 Å². The Morgan fingerprint density at radius 1 is 0.974 bits per heavy atom. The minimum absolute atomic E-state index is 0.00236. The summed E-state index contributed by atoms with van der Waals surface area (Å²) >= 11 is 0. The Bertz CT molecular complexity index is 1080. The monoisotopic (exact) mass is 520 g/mol. The number of carbonyl (C=O) groups is 1. The number of aryl methyl sites for hydroxylation is 1. The van der Waals surface area contributed by atoms with Gasteiger partial charge in [0.05, 0.1) is 19.3 Å². The van der Waals surface area contributed by atoms with Gasteiger partial charge in [-0.1, -0.05) is 18.2 Å². The van der Waals surface area contributed by atoms with Crippen molar-refractivity contribution < 1.29 is 19.4 Å². The van der Waals surface area contributed by atoms with Crippen LogP contribution >= 0.6 is 0 Å². The van der Waals surface area contributed by atoms with Gasteiger partial charge in [0.1, 0.15) is 5.75 Å². The second-order valence-corrected chi connectivity index (χ2v) is 11.7. The van der Waals surface area contributed by atoms with E-state index in [0.717, 1.165) is 88.1 Å². The van der Waals surface area contributed by atoms with Crippen molar-refractivity contribution in [3.05, 3.63) is 53.6 Å². The minimum Gasteiger partial charge on any atom is -0.496 e.